The Labute approximate surface area is 108 Å². The van der Waals surface area contributed by atoms with E-state index in [1.807, 2.05) is 6.92 Å². The lowest BCUT2D eigenvalue weighted by Gasteiger charge is -2.13. The van der Waals surface area contributed by atoms with Gasteiger partial charge in [0.05, 0.1) is 17.5 Å². The zero-order valence-electron chi connectivity index (χ0n) is 10.7. The Morgan fingerprint density at radius 1 is 1.37 bits per heavy atom. The van der Waals surface area contributed by atoms with Gasteiger partial charge in [0.15, 0.2) is 11.6 Å². The number of fused-ring (bicyclic) bond motifs is 1. The van der Waals surface area contributed by atoms with Crippen LogP contribution in [0.1, 0.15) is 25.1 Å². The van der Waals surface area contributed by atoms with Crippen LogP contribution < -0.4 is 5.56 Å². The maximum atomic E-state index is 13.2. The minimum atomic E-state index is -1.06. The molecular formula is C13H14F2N2O2. The van der Waals surface area contributed by atoms with Crippen molar-refractivity contribution in [1.82, 2.24) is 9.97 Å². The summed E-state index contributed by atoms with van der Waals surface area (Å²) in [4.78, 5) is 18.6. The van der Waals surface area contributed by atoms with E-state index in [0.29, 0.717) is 18.9 Å². The van der Waals surface area contributed by atoms with Gasteiger partial charge in [-0.15, -0.1) is 0 Å². The average Bonchev–Trinajstić information content (AvgIpc) is 2.38. The van der Waals surface area contributed by atoms with Crippen molar-refractivity contribution < 1.29 is 13.5 Å². The highest BCUT2D eigenvalue weighted by molar-refractivity contribution is 5.77. The maximum Gasteiger partial charge on any atom is 0.258 e. The number of hydrogen-bond acceptors (Lipinski definition) is 3. The molecule has 0 aliphatic carbocycles. The van der Waals surface area contributed by atoms with Crippen LogP contribution in [0.5, 0.6) is 0 Å². The summed E-state index contributed by atoms with van der Waals surface area (Å²) in [5, 5.41) is 0.0370. The fourth-order valence-corrected chi connectivity index (χ4v) is 1.94. The molecular weight excluding hydrogens is 254 g/mol. The summed E-state index contributed by atoms with van der Waals surface area (Å²) in [7, 11) is 1.55. The zero-order chi connectivity index (χ0) is 14.0. The molecule has 0 amide bonds. The van der Waals surface area contributed by atoms with Crippen molar-refractivity contribution in [3.63, 3.8) is 0 Å². The van der Waals surface area contributed by atoms with Gasteiger partial charge < -0.3 is 9.72 Å². The van der Waals surface area contributed by atoms with Gasteiger partial charge in [-0.25, -0.2) is 13.8 Å². The quantitative estimate of drug-likeness (QED) is 0.926. The van der Waals surface area contributed by atoms with Gasteiger partial charge in [0.25, 0.3) is 5.56 Å². The van der Waals surface area contributed by atoms with Crippen LogP contribution in [0.25, 0.3) is 10.9 Å². The number of hydrogen-bond donors (Lipinski definition) is 1. The van der Waals surface area contributed by atoms with E-state index < -0.39 is 17.2 Å². The molecule has 2 rings (SSSR count). The van der Waals surface area contributed by atoms with Crippen molar-refractivity contribution in [1.29, 1.82) is 0 Å². The van der Waals surface area contributed by atoms with Crippen LogP contribution in [-0.2, 0) is 4.74 Å². The molecule has 0 aliphatic heterocycles. The Kier molecular flexibility index (Phi) is 3.90. The number of nitrogens with one attached hydrogen (secondary N) is 1. The van der Waals surface area contributed by atoms with E-state index in [2.05, 4.69) is 9.97 Å². The van der Waals surface area contributed by atoms with Gasteiger partial charge in [-0.1, -0.05) is 6.92 Å². The maximum absolute atomic E-state index is 13.2. The highest BCUT2D eigenvalue weighted by Crippen LogP contribution is 2.18. The van der Waals surface area contributed by atoms with Crippen molar-refractivity contribution in [2.24, 2.45) is 0 Å². The molecule has 1 aromatic carbocycles. The van der Waals surface area contributed by atoms with E-state index in [4.69, 9.17) is 4.74 Å². The summed E-state index contributed by atoms with van der Waals surface area (Å²) in [5.74, 6) is -1.74. The second-order valence-corrected chi connectivity index (χ2v) is 4.30. The number of rotatable bonds is 4. The van der Waals surface area contributed by atoms with E-state index in [9.17, 15) is 13.6 Å². The zero-order valence-corrected chi connectivity index (χ0v) is 10.7. The standard InChI is InChI=1S/C13H14F2N2O2/c1-3-7(6-19-2)12-16-11-5-10(15)9(14)4-8(11)13(18)17-12/h4-5,7H,3,6H2,1-2H3,(H,16,17,18). The highest BCUT2D eigenvalue weighted by Gasteiger charge is 2.15. The molecule has 1 unspecified atom stereocenters. The summed E-state index contributed by atoms with van der Waals surface area (Å²) in [6, 6.07) is 1.79. The van der Waals surface area contributed by atoms with Gasteiger partial charge in [-0.3, -0.25) is 4.79 Å². The summed E-state index contributed by atoms with van der Waals surface area (Å²) in [6.45, 7) is 2.33. The first kappa shape index (κ1) is 13.6. The molecule has 6 heteroatoms. The molecule has 0 fully saturated rings. The van der Waals surface area contributed by atoms with Crippen LogP contribution in [0, 0.1) is 11.6 Å². The molecule has 0 saturated heterocycles. The number of H-pyrrole nitrogens is 1. The summed E-state index contributed by atoms with van der Waals surface area (Å²) in [6.07, 6.45) is 0.714. The topological polar surface area (TPSA) is 55.0 Å². The smallest absolute Gasteiger partial charge is 0.258 e. The fourth-order valence-electron chi connectivity index (χ4n) is 1.94. The summed E-state index contributed by atoms with van der Waals surface area (Å²) >= 11 is 0. The number of aromatic amines is 1. The fraction of sp³-hybridized carbons (Fsp3) is 0.385. The molecule has 0 radical (unpaired) electrons. The van der Waals surface area contributed by atoms with Crippen LogP contribution in [0.15, 0.2) is 16.9 Å². The van der Waals surface area contributed by atoms with Crippen LogP contribution in [-0.4, -0.2) is 23.7 Å². The molecule has 4 nitrogen and oxygen atoms in total. The molecule has 1 atom stereocenters. The Balaban J connectivity index is 2.60. The number of aromatic nitrogens is 2. The number of ether oxygens (including phenoxy) is 1. The first-order valence-electron chi connectivity index (χ1n) is 5.94. The van der Waals surface area contributed by atoms with E-state index in [1.165, 1.54) is 0 Å². The lowest BCUT2D eigenvalue weighted by molar-refractivity contribution is 0.174. The molecule has 19 heavy (non-hydrogen) atoms. The third-order valence-corrected chi connectivity index (χ3v) is 3.01. The molecule has 1 N–H and O–H groups in total. The average molecular weight is 268 g/mol. The minimum absolute atomic E-state index is 0.0370. The number of methoxy groups -OCH3 is 1. The van der Waals surface area contributed by atoms with Crippen LogP contribution in [0.2, 0.25) is 0 Å². The predicted octanol–water partition coefficient (Wildman–Crippen LogP) is 2.34. The Morgan fingerprint density at radius 2 is 2.05 bits per heavy atom. The van der Waals surface area contributed by atoms with Gasteiger partial charge in [0, 0.05) is 19.1 Å². The third kappa shape index (κ3) is 2.63. The van der Waals surface area contributed by atoms with Gasteiger partial charge in [0.2, 0.25) is 0 Å². The van der Waals surface area contributed by atoms with Crippen molar-refractivity contribution in [3.05, 3.63) is 39.9 Å². The summed E-state index contributed by atoms with van der Waals surface area (Å²) < 4.78 is 31.3. The molecule has 1 aromatic heterocycles. The van der Waals surface area contributed by atoms with Crippen LogP contribution >= 0.6 is 0 Å². The van der Waals surface area contributed by atoms with Crippen molar-refractivity contribution in [3.8, 4) is 0 Å². The van der Waals surface area contributed by atoms with Crippen molar-refractivity contribution >= 4 is 10.9 Å². The molecule has 0 bridgehead atoms. The van der Waals surface area contributed by atoms with E-state index >= 15 is 0 Å². The second kappa shape index (κ2) is 5.44. The molecule has 102 valence electrons. The number of nitrogens with zero attached hydrogens (tertiary/aromatic N) is 1. The lowest BCUT2D eigenvalue weighted by Crippen LogP contribution is -2.17. The van der Waals surface area contributed by atoms with Gasteiger partial charge in [-0.2, -0.15) is 0 Å². The predicted molar refractivity (Wildman–Crippen MR) is 67.2 cm³/mol. The minimum Gasteiger partial charge on any atom is -0.384 e. The van der Waals surface area contributed by atoms with E-state index in [-0.39, 0.29) is 16.8 Å². The monoisotopic (exact) mass is 268 g/mol. The van der Waals surface area contributed by atoms with Crippen LogP contribution in [0.4, 0.5) is 8.78 Å². The first-order valence-corrected chi connectivity index (χ1v) is 5.94. The Morgan fingerprint density at radius 3 is 2.68 bits per heavy atom. The van der Waals surface area contributed by atoms with Crippen LogP contribution in [0.3, 0.4) is 0 Å². The van der Waals surface area contributed by atoms with Gasteiger partial charge in [0.1, 0.15) is 5.82 Å². The largest absolute Gasteiger partial charge is 0.384 e. The number of benzene rings is 1. The Bertz CT molecular complexity index is 655. The molecule has 2 aromatic rings. The van der Waals surface area contributed by atoms with Gasteiger partial charge >= 0.3 is 0 Å². The molecule has 0 aliphatic rings. The normalized spacial score (nSPS) is 12.8. The highest BCUT2D eigenvalue weighted by atomic mass is 19.2. The first-order chi connectivity index (χ1) is 9.06. The third-order valence-electron chi connectivity index (χ3n) is 3.01. The van der Waals surface area contributed by atoms with Crippen molar-refractivity contribution in [2.75, 3.05) is 13.7 Å². The second-order valence-electron chi connectivity index (χ2n) is 4.30. The molecule has 0 saturated carbocycles. The molecule has 1 heterocycles. The molecule has 0 spiro atoms. The van der Waals surface area contributed by atoms with E-state index in [1.54, 1.807) is 7.11 Å². The van der Waals surface area contributed by atoms with E-state index in [0.717, 1.165) is 12.1 Å². The summed E-state index contributed by atoms with van der Waals surface area (Å²) in [5.41, 5.74) is -0.333. The Hall–Kier alpha value is -1.82. The number of halogens is 2. The SMILES string of the molecule is CCC(COC)c1nc2cc(F)c(F)cc2c(=O)[nH]1. The van der Waals surface area contributed by atoms with Crippen molar-refractivity contribution in [2.45, 2.75) is 19.3 Å². The van der Waals surface area contributed by atoms with Gasteiger partial charge in [-0.05, 0) is 12.5 Å². The lowest BCUT2D eigenvalue weighted by atomic mass is 10.1.